The summed E-state index contributed by atoms with van der Waals surface area (Å²) in [6.07, 6.45) is 3.93. The van der Waals surface area contributed by atoms with Crippen molar-refractivity contribution in [1.82, 2.24) is 8.61 Å². The normalized spacial score (nSPS) is 33.6. The van der Waals surface area contributed by atoms with Crippen LogP contribution in [0.5, 0.6) is 0 Å². The van der Waals surface area contributed by atoms with E-state index in [2.05, 4.69) is 13.8 Å². The summed E-state index contributed by atoms with van der Waals surface area (Å²) >= 11 is 0. The molecule has 5 nitrogen and oxygen atoms in total. The predicted molar refractivity (Wildman–Crippen MR) is 84.1 cm³/mol. The van der Waals surface area contributed by atoms with Crippen molar-refractivity contribution in [2.75, 3.05) is 26.2 Å². The Morgan fingerprint density at radius 2 is 1.85 bits per heavy atom. The molecule has 2 aliphatic rings. The second kappa shape index (κ2) is 7.40. The Kier molecular flexibility index (Phi) is 6.73. The third-order valence-electron chi connectivity index (χ3n) is 4.44. The van der Waals surface area contributed by atoms with Gasteiger partial charge in [-0.3, -0.25) is 0 Å². The molecular weight excluding hydrogens is 298 g/mol. The van der Waals surface area contributed by atoms with Crippen LogP contribution in [0, 0.1) is 11.8 Å². The molecule has 120 valence electrons. The molecule has 7 heteroatoms. The van der Waals surface area contributed by atoms with Crippen LogP contribution in [0.4, 0.5) is 0 Å². The third kappa shape index (κ3) is 3.85. The Labute approximate surface area is 129 Å². The summed E-state index contributed by atoms with van der Waals surface area (Å²) in [5.41, 5.74) is 5.78. The molecule has 2 aliphatic heterocycles. The van der Waals surface area contributed by atoms with E-state index in [0.29, 0.717) is 38.0 Å². The van der Waals surface area contributed by atoms with E-state index in [0.717, 1.165) is 25.7 Å². The monoisotopic (exact) mass is 325 g/mol. The summed E-state index contributed by atoms with van der Waals surface area (Å²) < 4.78 is 28.8. The minimum Gasteiger partial charge on any atom is -0.329 e. The topological polar surface area (TPSA) is 66.6 Å². The van der Waals surface area contributed by atoms with Crippen molar-refractivity contribution < 1.29 is 8.42 Å². The van der Waals surface area contributed by atoms with Crippen LogP contribution in [0.25, 0.3) is 0 Å². The van der Waals surface area contributed by atoms with Crippen LogP contribution in [0.15, 0.2) is 0 Å². The van der Waals surface area contributed by atoms with Crippen molar-refractivity contribution in [1.29, 1.82) is 0 Å². The largest absolute Gasteiger partial charge is 0.329 e. The molecule has 2 fully saturated rings. The van der Waals surface area contributed by atoms with E-state index in [9.17, 15) is 8.42 Å². The molecule has 0 aliphatic carbocycles. The van der Waals surface area contributed by atoms with Crippen molar-refractivity contribution in [2.24, 2.45) is 17.6 Å². The first-order chi connectivity index (χ1) is 8.95. The summed E-state index contributed by atoms with van der Waals surface area (Å²) in [6.45, 7) is 6.67. The lowest BCUT2D eigenvalue weighted by Gasteiger charge is -2.41. The van der Waals surface area contributed by atoms with Crippen LogP contribution in [0.2, 0.25) is 0 Å². The van der Waals surface area contributed by atoms with Crippen molar-refractivity contribution in [3.05, 3.63) is 0 Å². The van der Waals surface area contributed by atoms with Gasteiger partial charge < -0.3 is 5.73 Å². The van der Waals surface area contributed by atoms with Gasteiger partial charge >= 0.3 is 0 Å². The van der Waals surface area contributed by atoms with Gasteiger partial charge in [-0.1, -0.05) is 13.8 Å². The molecule has 3 atom stereocenters. The van der Waals surface area contributed by atoms with Gasteiger partial charge in [-0.25, -0.2) is 0 Å². The molecule has 0 amide bonds. The first kappa shape index (κ1) is 18.2. The molecule has 20 heavy (non-hydrogen) atoms. The molecule has 2 heterocycles. The predicted octanol–water partition coefficient (Wildman–Crippen LogP) is 1.44. The Morgan fingerprint density at radius 1 is 1.15 bits per heavy atom. The maximum Gasteiger partial charge on any atom is 0.282 e. The molecule has 3 unspecified atom stereocenters. The lowest BCUT2D eigenvalue weighted by molar-refractivity contribution is 0.185. The number of hydrogen-bond acceptors (Lipinski definition) is 3. The number of nitrogens with two attached hydrogens (primary N) is 1. The van der Waals surface area contributed by atoms with E-state index in [-0.39, 0.29) is 18.4 Å². The Balaban J connectivity index is 0.00000200. The fourth-order valence-electron chi connectivity index (χ4n) is 3.25. The van der Waals surface area contributed by atoms with Crippen molar-refractivity contribution in [3.8, 4) is 0 Å². The van der Waals surface area contributed by atoms with E-state index < -0.39 is 10.2 Å². The number of piperidine rings is 2. The summed E-state index contributed by atoms with van der Waals surface area (Å²) in [5, 5.41) is 0. The second-order valence-corrected chi connectivity index (χ2v) is 8.12. The highest BCUT2D eigenvalue weighted by molar-refractivity contribution is 7.86. The molecule has 0 aromatic carbocycles. The van der Waals surface area contributed by atoms with E-state index in [1.54, 1.807) is 8.61 Å². The van der Waals surface area contributed by atoms with Crippen molar-refractivity contribution >= 4 is 22.6 Å². The maximum absolute atomic E-state index is 12.8. The van der Waals surface area contributed by atoms with Gasteiger partial charge in [-0.2, -0.15) is 17.0 Å². The smallest absolute Gasteiger partial charge is 0.282 e. The zero-order valence-corrected chi connectivity index (χ0v) is 14.1. The van der Waals surface area contributed by atoms with Crippen molar-refractivity contribution in [3.63, 3.8) is 0 Å². The van der Waals surface area contributed by atoms with Gasteiger partial charge in [0.25, 0.3) is 10.2 Å². The summed E-state index contributed by atoms with van der Waals surface area (Å²) in [4.78, 5) is 0. The standard InChI is InChI=1S/C13H27N3O2S.ClH/c1-11-5-7-16(13(8-11)9-14)19(17,18)15-6-3-4-12(2)10-15;/h11-13H,3-10,14H2,1-2H3;1H. The summed E-state index contributed by atoms with van der Waals surface area (Å²) in [5.74, 6) is 1.03. The van der Waals surface area contributed by atoms with Gasteiger partial charge in [-0.15, -0.1) is 12.4 Å². The van der Waals surface area contributed by atoms with Gasteiger partial charge in [0.1, 0.15) is 0 Å². The first-order valence-corrected chi connectivity index (χ1v) is 8.81. The van der Waals surface area contributed by atoms with Crippen LogP contribution in [0.1, 0.15) is 39.5 Å². The van der Waals surface area contributed by atoms with Crippen LogP contribution in [0.3, 0.4) is 0 Å². The maximum atomic E-state index is 12.8. The molecule has 0 bridgehead atoms. The SMILES string of the molecule is CC1CCN(S(=O)(=O)N2CCCC(C)C2)C(CN)C1.Cl. The minimum absolute atomic E-state index is 0. The molecular formula is C13H28ClN3O2S. The number of halogens is 1. The summed E-state index contributed by atoms with van der Waals surface area (Å²) in [6, 6.07) is -0.0222. The Hall–Kier alpha value is 0.120. The van der Waals surface area contributed by atoms with Crippen LogP contribution in [-0.2, 0) is 10.2 Å². The van der Waals surface area contributed by atoms with E-state index in [1.165, 1.54) is 0 Å². The molecule has 2 saturated heterocycles. The van der Waals surface area contributed by atoms with Crippen molar-refractivity contribution in [2.45, 2.75) is 45.6 Å². The second-order valence-electron chi connectivity index (χ2n) is 6.24. The molecule has 0 aromatic heterocycles. The Morgan fingerprint density at radius 3 is 2.45 bits per heavy atom. The highest BCUT2D eigenvalue weighted by atomic mass is 35.5. The van der Waals surface area contributed by atoms with E-state index in [4.69, 9.17) is 5.73 Å². The summed E-state index contributed by atoms with van der Waals surface area (Å²) in [7, 11) is -3.32. The van der Waals surface area contributed by atoms with Gasteiger partial charge in [0.2, 0.25) is 0 Å². The molecule has 2 N–H and O–H groups in total. The molecule has 0 radical (unpaired) electrons. The molecule has 0 spiro atoms. The van der Waals surface area contributed by atoms with E-state index >= 15 is 0 Å². The first-order valence-electron chi connectivity index (χ1n) is 7.42. The molecule has 0 saturated carbocycles. The fourth-order valence-corrected chi connectivity index (χ4v) is 5.24. The lowest BCUT2D eigenvalue weighted by atomic mass is 9.94. The number of hydrogen-bond donors (Lipinski definition) is 1. The Bertz CT molecular complexity index is 404. The van der Waals surface area contributed by atoms with Gasteiger partial charge in [0.05, 0.1) is 0 Å². The van der Waals surface area contributed by atoms with Gasteiger partial charge in [-0.05, 0) is 37.5 Å². The third-order valence-corrected chi connectivity index (χ3v) is 6.50. The van der Waals surface area contributed by atoms with Crippen LogP contribution in [-0.4, -0.2) is 49.2 Å². The average Bonchev–Trinajstić information content (AvgIpc) is 2.38. The van der Waals surface area contributed by atoms with Crippen LogP contribution < -0.4 is 5.73 Å². The molecule has 2 rings (SSSR count). The highest BCUT2D eigenvalue weighted by Gasteiger charge is 2.38. The quantitative estimate of drug-likeness (QED) is 0.854. The molecule has 0 aromatic rings. The van der Waals surface area contributed by atoms with Gasteiger partial charge in [0, 0.05) is 32.2 Å². The number of rotatable bonds is 3. The zero-order chi connectivity index (χ0) is 14.0. The zero-order valence-electron chi connectivity index (χ0n) is 12.5. The van der Waals surface area contributed by atoms with E-state index in [1.807, 2.05) is 0 Å². The van der Waals surface area contributed by atoms with Gasteiger partial charge in [0.15, 0.2) is 0 Å². The average molecular weight is 326 g/mol. The highest BCUT2D eigenvalue weighted by Crippen LogP contribution is 2.28. The minimum atomic E-state index is -3.32. The fraction of sp³-hybridized carbons (Fsp3) is 1.00. The number of nitrogens with zero attached hydrogens (tertiary/aromatic N) is 2. The van der Waals surface area contributed by atoms with Crippen LogP contribution >= 0.6 is 12.4 Å². The lowest BCUT2D eigenvalue weighted by Crippen LogP contribution is -2.55.